The van der Waals surface area contributed by atoms with Gasteiger partial charge in [-0.05, 0) is 36.8 Å². The van der Waals surface area contributed by atoms with Crippen molar-refractivity contribution in [2.24, 2.45) is 0 Å². The summed E-state index contributed by atoms with van der Waals surface area (Å²) in [5.41, 5.74) is 2.89. The molecule has 2 N–H and O–H groups in total. The number of benzene rings is 2. The van der Waals surface area contributed by atoms with E-state index >= 15 is 0 Å². The molecule has 2 heterocycles. The quantitative estimate of drug-likeness (QED) is 0.607. The molecule has 0 atom stereocenters. The number of aromatic amines is 1. The van der Waals surface area contributed by atoms with Crippen LogP contribution in [0, 0.1) is 0 Å². The zero-order valence-electron chi connectivity index (χ0n) is 16.2. The summed E-state index contributed by atoms with van der Waals surface area (Å²) in [5, 5.41) is 2.85. The Balaban J connectivity index is 1.40. The third-order valence-corrected chi connectivity index (χ3v) is 5.05. The summed E-state index contributed by atoms with van der Waals surface area (Å²) < 4.78 is 0. The first kappa shape index (κ1) is 18.9. The second kappa shape index (κ2) is 7.87. The van der Waals surface area contributed by atoms with E-state index in [2.05, 4.69) is 15.3 Å². The predicted octanol–water partition coefficient (Wildman–Crippen LogP) is 2.93. The van der Waals surface area contributed by atoms with Gasteiger partial charge < -0.3 is 10.3 Å². The van der Waals surface area contributed by atoms with Gasteiger partial charge in [0.15, 0.2) is 0 Å². The number of nitrogens with zero attached hydrogens (tertiary/aromatic N) is 2. The molecule has 3 amide bonds. The molecule has 2 aromatic carbocycles. The number of para-hydroxylation sites is 2. The molecule has 1 aromatic heterocycles. The van der Waals surface area contributed by atoms with E-state index in [0.717, 1.165) is 29.7 Å². The number of nitrogens with one attached hydrogen (secondary N) is 2. The molecule has 3 aromatic rings. The van der Waals surface area contributed by atoms with Gasteiger partial charge in [0, 0.05) is 25.1 Å². The van der Waals surface area contributed by atoms with Crippen LogP contribution in [0.1, 0.15) is 56.7 Å². The van der Waals surface area contributed by atoms with E-state index in [1.54, 1.807) is 12.1 Å². The number of rotatable bonds is 7. The molecule has 0 spiro atoms. The van der Waals surface area contributed by atoms with Crippen molar-refractivity contribution < 1.29 is 14.4 Å². The van der Waals surface area contributed by atoms with Crippen molar-refractivity contribution in [1.29, 1.82) is 0 Å². The normalized spacial score (nSPS) is 13.2. The number of amides is 3. The van der Waals surface area contributed by atoms with Gasteiger partial charge in [0.1, 0.15) is 5.82 Å². The topological polar surface area (TPSA) is 95.2 Å². The fourth-order valence-electron chi connectivity index (χ4n) is 3.47. The minimum atomic E-state index is -0.324. The first-order valence-electron chi connectivity index (χ1n) is 9.80. The van der Waals surface area contributed by atoms with E-state index in [1.807, 2.05) is 31.2 Å². The van der Waals surface area contributed by atoms with Gasteiger partial charge in [-0.15, -0.1) is 0 Å². The second-order valence-electron chi connectivity index (χ2n) is 7.08. The number of carbonyl (C=O) groups excluding carboxylic acids is 3. The molecule has 148 valence electrons. The van der Waals surface area contributed by atoms with Gasteiger partial charge in [0.25, 0.3) is 17.7 Å². The van der Waals surface area contributed by atoms with Crippen LogP contribution in [0.25, 0.3) is 11.0 Å². The molecular weight excluding hydrogens is 368 g/mol. The van der Waals surface area contributed by atoms with Crippen molar-refractivity contribution in [1.82, 2.24) is 20.2 Å². The predicted molar refractivity (Wildman–Crippen MR) is 109 cm³/mol. The maximum absolute atomic E-state index is 12.5. The van der Waals surface area contributed by atoms with Gasteiger partial charge in [0.2, 0.25) is 0 Å². The van der Waals surface area contributed by atoms with E-state index in [0.29, 0.717) is 36.2 Å². The lowest BCUT2D eigenvalue weighted by molar-refractivity contribution is 0.0652. The molecule has 0 saturated carbocycles. The summed E-state index contributed by atoms with van der Waals surface area (Å²) in [6, 6.07) is 12.4. The Bertz CT molecular complexity index is 1070. The summed E-state index contributed by atoms with van der Waals surface area (Å²) >= 11 is 0. The highest BCUT2D eigenvalue weighted by Gasteiger charge is 2.35. The zero-order valence-corrected chi connectivity index (χ0v) is 16.2. The largest absolute Gasteiger partial charge is 0.352 e. The van der Waals surface area contributed by atoms with Gasteiger partial charge in [-0.25, -0.2) is 4.98 Å². The molecule has 29 heavy (non-hydrogen) atoms. The minimum Gasteiger partial charge on any atom is -0.352 e. The summed E-state index contributed by atoms with van der Waals surface area (Å²) in [5.74, 6) is -0.0883. The Hall–Kier alpha value is -3.48. The monoisotopic (exact) mass is 390 g/mol. The lowest BCUT2D eigenvalue weighted by Gasteiger charge is -2.12. The third kappa shape index (κ3) is 3.63. The van der Waals surface area contributed by atoms with Crippen molar-refractivity contribution in [2.75, 3.05) is 13.1 Å². The smallest absolute Gasteiger partial charge is 0.261 e. The number of H-pyrrole nitrogens is 1. The van der Waals surface area contributed by atoms with Crippen LogP contribution in [0.4, 0.5) is 0 Å². The molecule has 0 bridgehead atoms. The molecule has 4 rings (SSSR count). The Morgan fingerprint density at radius 2 is 1.90 bits per heavy atom. The van der Waals surface area contributed by atoms with Gasteiger partial charge >= 0.3 is 0 Å². The highest BCUT2D eigenvalue weighted by molar-refractivity contribution is 6.22. The van der Waals surface area contributed by atoms with Crippen molar-refractivity contribution in [3.63, 3.8) is 0 Å². The number of imide groups is 1. The lowest BCUT2D eigenvalue weighted by atomic mass is 10.1. The molecule has 0 aliphatic carbocycles. The molecule has 0 radical (unpaired) electrons. The zero-order chi connectivity index (χ0) is 20.4. The van der Waals surface area contributed by atoms with E-state index in [9.17, 15) is 14.4 Å². The first-order chi connectivity index (χ1) is 14.1. The van der Waals surface area contributed by atoms with Crippen LogP contribution >= 0.6 is 0 Å². The molecule has 0 saturated heterocycles. The molecule has 1 aliphatic rings. The van der Waals surface area contributed by atoms with Crippen molar-refractivity contribution in [2.45, 2.75) is 26.2 Å². The summed E-state index contributed by atoms with van der Waals surface area (Å²) in [7, 11) is 0. The average molecular weight is 390 g/mol. The summed E-state index contributed by atoms with van der Waals surface area (Å²) in [6.45, 7) is 2.82. The number of aromatic nitrogens is 2. The van der Waals surface area contributed by atoms with Crippen LogP contribution in [0.5, 0.6) is 0 Å². The molecule has 1 aliphatic heterocycles. The number of hydrogen-bond donors (Lipinski definition) is 2. The third-order valence-electron chi connectivity index (χ3n) is 5.05. The van der Waals surface area contributed by atoms with Crippen molar-refractivity contribution >= 4 is 28.8 Å². The highest BCUT2D eigenvalue weighted by atomic mass is 16.2. The van der Waals surface area contributed by atoms with Gasteiger partial charge in [-0.2, -0.15) is 0 Å². The van der Waals surface area contributed by atoms with Gasteiger partial charge in [0.05, 0.1) is 22.2 Å². The standard InChI is InChI=1S/C22H22N4O3/c1-2-3-12-26-21(28)15-9-8-14(13-16(15)22(26)29)20(27)23-11-10-19-24-17-6-4-5-7-18(17)25-19/h4-9,13H,2-3,10-12H2,1H3,(H,23,27)(H,24,25). The maximum Gasteiger partial charge on any atom is 0.261 e. The maximum atomic E-state index is 12.5. The molecule has 7 nitrogen and oxygen atoms in total. The molecule has 0 fully saturated rings. The number of carbonyl (C=O) groups is 3. The molecular formula is C22H22N4O3. The fourth-order valence-corrected chi connectivity index (χ4v) is 3.47. The SMILES string of the molecule is CCCCN1C(=O)c2ccc(C(=O)NCCc3nc4ccccc4[nH]3)cc2C1=O. The van der Waals surface area contributed by atoms with Crippen LogP contribution in [0.3, 0.4) is 0 Å². The second-order valence-corrected chi connectivity index (χ2v) is 7.08. The van der Waals surface area contributed by atoms with Crippen LogP contribution < -0.4 is 5.32 Å². The molecule has 7 heteroatoms. The summed E-state index contributed by atoms with van der Waals surface area (Å²) in [6.07, 6.45) is 2.22. The van der Waals surface area contributed by atoms with E-state index in [4.69, 9.17) is 0 Å². The highest BCUT2D eigenvalue weighted by Crippen LogP contribution is 2.24. The van der Waals surface area contributed by atoms with Crippen LogP contribution in [-0.2, 0) is 6.42 Å². The lowest BCUT2D eigenvalue weighted by Crippen LogP contribution is -2.30. The summed E-state index contributed by atoms with van der Waals surface area (Å²) in [4.78, 5) is 46.4. The Kier molecular flexibility index (Phi) is 5.12. The molecule has 0 unspecified atom stereocenters. The minimum absolute atomic E-state index is 0.281. The van der Waals surface area contributed by atoms with Crippen LogP contribution in [0.2, 0.25) is 0 Å². The van der Waals surface area contributed by atoms with E-state index in [1.165, 1.54) is 11.0 Å². The van der Waals surface area contributed by atoms with Crippen LogP contribution in [0.15, 0.2) is 42.5 Å². The number of unbranched alkanes of at least 4 members (excludes halogenated alkanes) is 1. The van der Waals surface area contributed by atoms with Crippen LogP contribution in [-0.4, -0.2) is 45.7 Å². The van der Waals surface area contributed by atoms with Crippen molar-refractivity contribution in [3.05, 3.63) is 65.0 Å². The van der Waals surface area contributed by atoms with E-state index in [-0.39, 0.29) is 17.7 Å². The Labute approximate surface area is 168 Å². The fraction of sp³-hybridized carbons (Fsp3) is 0.273. The van der Waals surface area contributed by atoms with Crippen molar-refractivity contribution in [3.8, 4) is 0 Å². The van der Waals surface area contributed by atoms with Gasteiger partial charge in [-0.1, -0.05) is 25.5 Å². The van der Waals surface area contributed by atoms with E-state index < -0.39 is 0 Å². The Morgan fingerprint density at radius 1 is 1.10 bits per heavy atom. The van der Waals surface area contributed by atoms with Gasteiger partial charge in [-0.3, -0.25) is 19.3 Å². The number of imidazole rings is 1. The average Bonchev–Trinajstić information content (AvgIpc) is 3.25. The number of hydrogen-bond acceptors (Lipinski definition) is 4. The first-order valence-corrected chi connectivity index (χ1v) is 9.80. The Morgan fingerprint density at radius 3 is 2.69 bits per heavy atom. The number of fused-ring (bicyclic) bond motifs is 2.